The number of carbonyl (C=O) groups excluding carboxylic acids is 1. The van der Waals surface area contributed by atoms with Crippen molar-refractivity contribution in [3.8, 4) is 5.75 Å². The second-order valence-corrected chi connectivity index (χ2v) is 2.91. The highest BCUT2D eigenvalue weighted by atomic mass is 16.6. The van der Waals surface area contributed by atoms with Gasteiger partial charge in [-0.1, -0.05) is 17.3 Å². The Balaban J connectivity index is 2.53. The first-order valence-corrected chi connectivity index (χ1v) is 4.82. The van der Waals surface area contributed by atoms with Crippen LogP contribution >= 0.6 is 0 Å². The largest absolute Gasteiger partial charge is 0.482 e. The fourth-order valence-corrected chi connectivity index (χ4v) is 1.10. The summed E-state index contributed by atoms with van der Waals surface area (Å²) in [4.78, 5) is 11.0. The van der Waals surface area contributed by atoms with Crippen molar-refractivity contribution in [1.29, 1.82) is 0 Å². The van der Waals surface area contributed by atoms with Crippen LogP contribution in [0.5, 0.6) is 5.75 Å². The average molecular weight is 223 g/mol. The number of benzene rings is 1. The first kappa shape index (κ1) is 12.0. The predicted octanol–water partition coefficient (Wildman–Crippen LogP) is 1.44. The fraction of sp³-hybridized carbons (Fsp3) is 0.273. The number of oxime groups is 1. The van der Waals surface area contributed by atoms with E-state index in [1.54, 1.807) is 31.2 Å². The molecule has 5 heteroatoms. The summed E-state index contributed by atoms with van der Waals surface area (Å²) in [6.07, 6.45) is 1.28. The molecule has 0 radical (unpaired) electrons. The summed E-state index contributed by atoms with van der Waals surface area (Å²) in [6, 6.07) is 6.83. The van der Waals surface area contributed by atoms with Crippen LogP contribution in [0.15, 0.2) is 29.4 Å². The fourth-order valence-electron chi connectivity index (χ4n) is 1.10. The van der Waals surface area contributed by atoms with E-state index in [9.17, 15) is 4.79 Å². The molecule has 0 saturated carbocycles. The van der Waals surface area contributed by atoms with Gasteiger partial charge in [-0.05, 0) is 24.6 Å². The molecular formula is C11H13NO4. The second kappa shape index (κ2) is 6.44. The van der Waals surface area contributed by atoms with E-state index in [1.807, 2.05) is 0 Å². The highest BCUT2D eigenvalue weighted by Gasteiger charge is 2.02. The Morgan fingerprint density at radius 1 is 1.56 bits per heavy atom. The van der Waals surface area contributed by atoms with Gasteiger partial charge in [-0.2, -0.15) is 0 Å². The van der Waals surface area contributed by atoms with Crippen molar-refractivity contribution in [2.24, 2.45) is 5.16 Å². The van der Waals surface area contributed by atoms with Crippen LogP contribution in [0.1, 0.15) is 12.5 Å². The molecule has 1 N–H and O–H groups in total. The molecule has 5 nitrogen and oxygen atoms in total. The van der Waals surface area contributed by atoms with Crippen molar-refractivity contribution in [2.75, 3.05) is 13.2 Å². The maximum absolute atomic E-state index is 11.0. The van der Waals surface area contributed by atoms with E-state index in [0.29, 0.717) is 17.9 Å². The van der Waals surface area contributed by atoms with E-state index in [2.05, 4.69) is 5.16 Å². The van der Waals surface area contributed by atoms with Crippen LogP contribution in [0.4, 0.5) is 0 Å². The van der Waals surface area contributed by atoms with Gasteiger partial charge in [-0.3, -0.25) is 0 Å². The van der Waals surface area contributed by atoms with Gasteiger partial charge in [0.05, 0.1) is 12.8 Å². The van der Waals surface area contributed by atoms with Gasteiger partial charge in [0.15, 0.2) is 6.61 Å². The van der Waals surface area contributed by atoms with Gasteiger partial charge >= 0.3 is 5.97 Å². The number of carbonyl (C=O) groups is 1. The van der Waals surface area contributed by atoms with Gasteiger partial charge in [-0.15, -0.1) is 0 Å². The minimum atomic E-state index is -0.413. The van der Waals surface area contributed by atoms with Crippen LogP contribution in [0, 0.1) is 0 Å². The Bertz CT molecular complexity index is 376. The average Bonchev–Trinajstić information content (AvgIpc) is 2.28. The lowest BCUT2D eigenvalue weighted by molar-refractivity contribution is -0.145. The zero-order valence-electron chi connectivity index (χ0n) is 8.92. The summed E-state index contributed by atoms with van der Waals surface area (Å²) in [6.45, 7) is 1.93. The van der Waals surface area contributed by atoms with Crippen molar-refractivity contribution in [2.45, 2.75) is 6.92 Å². The van der Waals surface area contributed by atoms with E-state index in [0.717, 1.165) is 0 Å². The number of esters is 1. The first-order valence-electron chi connectivity index (χ1n) is 4.82. The molecule has 0 atom stereocenters. The third-order valence-corrected chi connectivity index (χ3v) is 1.73. The van der Waals surface area contributed by atoms with Gasteiger partial charge in [0.25, 0.3) is 0 Å². The van der Waals surface area contributed by atoms with E-state index >= 15 is 0 Å². The van der Waals surface area contributed by atoms with Crippen molar-refractivity contribution in [3.63, 3.8) is 0 Å². The summed E-state index contributed by atoms with van der Waals surface area (Å²) in [5.41, 5.74) is 0.684. The van der Waals surface area contributed by atoms with Gasteiger partial charge in [0, 0.05) is 0 Å². The molecule has 1 aromatic carbocycles. The number of rotatable bonds is 5. The highest BCUT2D eigenvalue weighted by Crippen LogP contribution is 2.11. The van der Waals surface area contributed by atoms with Crippen LogP contribution in [0.25, 0.3) is 0 Å². The topological polar surface area (TPSA) is 68.1 Å². The minimum Gasteiger partial charge on any atom is -0.482 e. The molecule has 0 aliphatic heterocycles. The molecule has 0 spiro atoms. The van der Waals surface area contributed by atoms with Crippen molar-refractivity contribution >= 4 is 12.2 Å². The van der Waals surface area contributed by atoms with Gasteiger partial charge in [-0.25, -0.2) is 4.79 Å². The number of hydrogen-bond acceptors (Lipinski definition) is 5. The lowest BCUT2D eigenvalue weighted by atomic mass is 10.2. The van der Waals surface area contributed by atoms with Crippen LogP contribution in [0.2, 0.25) is 0 Å². The molecule has 0 aliphatic rings. The standard InChI is InChI=1S/C11H13NO4/c1-2-15-11(13)8-16-10-5-3-4-9(6-10)7-12-14/h3-7,14H,2,8H2,1H3. The van der Waals surface area contributed by atoms with Gasteiger partial charge in [0.1, 0.15) is 5.75 Å². The predicted molar refractivity (Wildman–Crippen MR) is 58.0 cm³/mol. The number of ether oxygens (including phenoxy) is 2. The monoisotopic (exact) mass is 223 g/mol. The van der Waals surface area contributed by atoms with Crippen molar-refractivity contribution in [1.82, 2.24) is 0 Å². The highest BCUT2D eigenvalue weighted by molar-refractivity contribution is 5.79. The Labute approximate surface area is 93.3 Å². The zero-order chi connectivity index (χ0) is 11.8. The lowest BCUT2D eigenvalue weighted by Crippen LogP contribution is -2.14. The van der Waals surface area contributed by atoms with E-state index in [1.165, 1.54) is 6.21 Å². The van der Waals surface area contributed by atoms with Crippen LogP contribution in [0.3, 0.4) is 0 Å². The summed E-state index contributed by atoms with van der Waals surface area (Å²) < 4.78 is 9.90. The second-order valence-electron chi connectivity index (χ2n) is 2.91. The van der Waals surface area contributed by atoms with Crippen molar-refractivity contribution in [3.05, 3.63) is 29.8 Å². The third-order valence-electron chi connectivity index (χ3n) is 1.73. The summed E-state index contributed by atoms with van der Waals surface area (Å²) >= 11 is 0. The molecule has 0 amide bonds. The molecular weight excluding hydrogens is 210 g/mol. The quantitative estimate of drug-likeness (QED) is 0.355. The summed E-state index contributed by atoms with van der Waals surface area (Å²) in [7, 11) is 0. The smallest absolute Gasteiger partial charge is 0.344 e. The lowest BCUT2D eigenvalue weighted by Gasteiger charge is -2.05. The SMILES string of the molecule is CCOC(=O)COc1cccc(C=NO)c1. The maximum Gasteiger partial charge on any atom is 0.344 e. The first-order chi connectivity index (χ1) is 7.76. The molecule has 0 bridgehead atoms. The molecule has 1 rings (SSSR count). The minimum absolute atomic E-state index is 0.131. The molecule has 16 heavy (non-hydrogen) atoms. The molecule has 0 heterocycles. The third kappa shape index (κ3) is 4.00. The van der Waals surface area contributed by atoms with Crippen molar-refractivity contribution < 1.29 is 19.5 Å². The number of nitrogens with zero attached hydrogens (tertiary/aromatic N) is 1. The normalized spacial score (nSPS) is 10.3. The summed E-state index contributed by atoms with van der Waals surface area (Å²) in [5.74, 6) is 0.106. The van der Waals surface area contributed by atoms with Gasteiger partial charge < -0.3 is 14.7 Å². The number of hydrogen-bond donors (Lipinski definition) is 1. The van der Waals surface area contributed by atoms with Crippen LogP contribution in [-0.2, 0) is 9.53 Å². The Kier molecular flexibility index (Phi) is 4.85. The molecule has 0 saturated heterocycles. The molecule has 86 valence electrons. The van der Waals surface area contributed by atoms with E-state index in [4.69, 9.17) is 14.7 Å². The van der Waals surface area contributed by atoms with Gasteiger partial charge in [0.2, 0.25) is 0 Å². The Morgan fingerprint density at radius 3 is 3.06 bits per heavy atom. The molecule has 1 aromatic rings. The Hall–Kier alpha value is -2.04. The van der Waals surface area contributed by atoms with Crippen LogP contribution < -0.4 is 4.74 Å². The van der Waals surface area contributed by atoms with E-state index < -0.39 is 5.97 Å². The molecule has 0 fully saturated rings. The zero-order valence-corrected chi connectivity index (χ0v) is 8.92. The molecule has 0 unspecified atom stereocenters. The summed E-state index contributed by atoms with van der Waals surface area (Å²) in [5, 5.41) is 11.3. The molecule has 0 aromatic heterocycles. The Morgan fingerprint density at radius 2 is 2.38 bits per heavy atom. The van der Waals surface area contributed by atoms with Crippen LogP contribution in [-0.4, -0.2) is 30.6 Å². The molecule has 0 aliphatic carbocycles. The maximum atomic E-state index is 11.0. The van der Waals surface area contributed by atoms with E-state index in [-0.39, 0.29) is 6.61 Å².